The zero-order chi connectivity index (χ0) is 12.8. The quantitative estimate of drug-likeness (QED) is 0.552. The molecule has 0 aromatic carbocycles. The van der Waals surface area contributed by atoms with E-state index in [0.29, 0.717) is 6.42 Å². The second kappa shape index (κ2) is 6.39. The van der Waals surface area contributed by atoms with Crippen molar-refractivity contribution in [1.29, 1.82) is 0 Å². The molecule has 1 fully saturated rings. The Balaban J connectivity index is 2.47. The fourth-order valence-electron chi connectivity index (χ4n) is 2.04. The van der Waals surface area contributed by atoms with Crippen molar-refractivity contribution in [2.75, 3.05) is 20.6 Å². The van der Waals surface area contributed by atoms with Gasteiger partial charge in [-0.25, -0.2) is 0 Å². The van der Waals surface area contributed by atoms with Crippen LogP contribution in [0, 0.1) is 10.1 Å². The van der Waals surface area contributed by atoms with Gasteiger partial charge in [0.05, 0.1) is 12.6 Å². The Hall–Kier alpha value is -1.37. The fraction of sp³-hybridized carbons (Fsp3) is 0.900. The molecule has 1 N–H and O–H groups in total. The normalized spacial score (nSPS) is 24.4. The smallest absolute Gasteiger partial charge is 0.294 e. The van der Waals surface area contributed by atoms with E-state index in [1.807, 2.05) is 0 Å². The highest BCUT2D eigenvalue weighted by Crippen LogP contribution is 2.21. The minimum absolute atomic E-state index is 0.126. The lowest BCUT2D eigenvalue weighted by Crippen LogP contribution is -2.49. The molecule has 0 radical (unpaired) electrons. The number of nitrogens with zero attached hydrogens (tertiary/aromatic N) is 2. The van der Waals surface area contributed by atoms with Crippen molar-refractivity contribution >= 4 is 5.91 Å². The van der Waals surface area contributed by atoms with Crippen LogP contribution in [0.1, 0.15) is 25.7 Å². The van der Waals surface area contributed by atoms with Gasteiger partial charge in [-0.3, -0.25) is 4.79 Å². The number of rotatable bonds is 5. The molecule has 1 aliphatic rings. The summed E-state index contributed by atoms with van der Waals surface area (Å²) in [6.07, 6.45) is 2.71. The van der Waals surface area contributed by atoms with Crippen LogP contribution in [0.15, 0.2) is 0 Å². The molecular formula is C10H19N3O4. The van der Waals surface area contributed by atoms with Gasteiger partial charge in [-0.2, -0.15) is 0 Å². The lowest BCUT2D eigenvalue weighted by Gasteiger charge is -2.30. The topological polar surface area (TPSA) is 84.7 Å². The van der Waals surface area contributed by atoms with Gasteiger partial charge in [0.2, 0.25) is 5.91 Å². The van der Waals surface area contributed by atoms with Gasteiger partial charge in [0.25, 0.3) is 5.09 Å². The van der Waals surface area contributed by atoms with Gasteiger partial charge in [-0.1, -0.05) is 12.8 Å². The second-order valence-electron chi connectivity index (χ2n) is 4.56. The molecule has 1 rings (SSSR count). The summed E-state index contributed by atoms with van der Waals surface area (Å²) in [7, 11) is 3.59. The van der Waals surface area contributed by atoms with Crippen molar-refractivity contribution in [3.63, 3.8) is 0 Å². The first kappa shape index (κ1) is 13.7. The molecule has 0 heterocycles. The van der Waals surface area contributed by atoms with E-state index in [2.05, 4.69) is 10.2 Å². The molecule has 0 unspecified atom stereocenters. The van der Waals surface area contributed by atoms with Gasteiger partial charge in [0.1, 0.15) is 6.10 Å². The molecule has 0 spiro atoms. The van der Waals surface area contributed by atoms with Gasteiger partial charge in [-0.15, -0.1) is 10.1 Å². The van der Waals surface area contributed by atoms with Crippen LogP contribution >= 0.6 is 0 Å². The molecule has 7 heteroatoms. The summed E-state index contributed by atoms with van der Waals surface area (Å²) in [5.41, 5.74) is 0. The molecule has 98 valence electrons. The number of carbonyl (C=O) groups is 1. The molecule has 0 aromatic heterocycles. The van der Waals surface area contributed by atoms with Crippen molar-refractivity contribution in [3.05, 3.63) is 10.1 Å². The summed E-state index contributed by atoms with van der Waals surface area (Å²) in [6, 6.07) is -0.249. The van der Waals surface area contributed by atoms with Crippen LogP contribution in [0.5, 0.6) is 0 Å². The lowest BCUT2D eigenvalue weighted by molar-refractivity contribution is -0.770. The number of hydrogen-bond donors (Lipinski definition) is 1. The number of nitrogens with one attached hydrogen (secondary N) is 1. The van der Waals surface area contributed by atoms with Crippen LogP contribution in [0.2, 0.25) is 0 Å². The Bertz CT molecular complexity index is 283. The molecule has 1 aliphatic carbocycles. The fourth-order valence-corrected chi connectivity index (χ4v) is 2.04. The van der Waals surface area contributed by atoms with E-state index in [1.165, 1.54) is 0 Å². The molecular weight excluding hydrogens is 226 g/mol. The Morgan fingerprint density at radius 1 is 1.47 bits per heavy atom. The third-order valence-corrected chi connectivity index (χ3v) is 2.73. The Morgan fingerprint density at radius 3 is 2.71 bits per heavy atom. The molecule has 7 nitrogen and oxygen atoms in total. The lowest BCUT2D eigenvalue weighted by atomic mass is 9.92. The minimum atomic E-state index is -0.777. The predicted molar refractivity (Wildman–Crippen MR) is 60.8 cm³/mol. The molecule has 17 heavy (non-hydrogen) atoms. The van der Waals surface area contributed by atoms with Gasteiger partial charge in [-0.05, 0) is 26.9 Å². The summed E-state index contributed by atoms with van der Waals surface area (Å²) < 4.78 is 0. The maximum absolute atomic E-state index is 11.6. The first-order valence-electron chi connectivity index (χ1n) is 5.74. The standard InChI is InChI=1S/C10H19N3O4/c1-12(2)7-10(14)11-8-5-3-4-6-9(8)17-13(15)16/h8-9H,3-7H2,1-2H3,(H,11,14)/t8-,9-/m1/s1. The van der Waals surface area contributed by atoms with Gasteiger partial charge in [0, 0.05) is 0 Å². The number of hydrogen-bond acceptors (Lipinski definition) is 5. The molecule has 0 saturated heterocycles. The monoisotopic (exact) mass is 245 g/mol. The summed E-state index contributed by atoms with van der Waals surface area (Å²) in [5, 5.41) is 12.4. The van der Waals surface area contributed by atoms with Gasteiger partial charge >= 0.3 is 0 Å². The van der Waals surface area contributed by atoms with Gasteiger partial charge in [0.15, 0.2) is 0 Å². The Labute approximate surface area is 100 Å². The highest BCUT2D eigenvalue weighted by molar-refractivity contribution is 5.78. The zero-order valence-electron chi connectivity index (χ0n) is 10.2. The first-order valence-corrected chi connectivity index (χ1v) is 5.74. The van der Waals surface area contributed by atoms with Gasteiger partial charge < -0.3 is 15.1 Å². The number of amides is 1. The van der Waals surface area contributed by atoms with Crippen LogP contribution in [0.25, 0.3) is 0 Å². The molecule has 0 aliphatic heterocycles. The molecule has 2 atom stereocenters. The van der Waals surface area contributed by atoms with E-state index in [9.17, 15) is 14.9 Å². The average Bonchev–Trinajstić information content (AvgIpc) is 2.18. The van der Waals surface area contributed by atoms with Crippen molar-refractivity contribution in [2.24, 2.45) is 0 Å². The van der Waals surface area contributed by atoms with Crippen LogP contribution in [-0.2, 0) is 9.63 Å². The van der Waals surface area contributed by atoms with E-state index < -0.39 is 11.2 Å². The Morgan fingerprint density at radius 2 is 2.12 bits per heavy atom. The maximum atomic E-state index is 11.6. The van der Waals surface area contributed by atoms with Crippen molar-refractivity contribution in [2.45, 2.75) is 37.8 Å². The average molecular weight is 245 g/mol. The molecule has 0 bridgehead atoms. The summed E-state index contributed by atoms with van der Waals surface area (Å²) in [4.78, 5) is 28.3. The first-order chi connectivity index (χ1) is 7.99. The predicted octanol–water partition coefficient (Wildman–Crippen LogP) is 0.184. The summed E-state index contributed by atoms with van der Waals surface area (Å²) in [6.45, 7) is 0.279. The second-order valence-corrected chi connectivity index (χ2v) is 4.56. The zero-order valence-corrected chi connectivity index (χ0v) is 10.2. The van der Waals surface area contributed by atoms with Crippen molar-refractivity contribution in [3.8, 4) is 0 Å². The van der Waals surface area contributed by atoms with E-state index in [4.69, 9.17) is 0 Å². The minimum Gasteiger partial charge on any atom is -0.350 e. The van der Waals surface area contributed by atoms with Crippen LogP contribution < -0.4 is 5.32 Å². The Kier molecular flexibility index (Phi) is 5.14. The van der Waals surface area contributed by atoms with Crippen LogP contribution in [0.3, 0.4) is 0 Å². The third-order valence-electron chi connectivity index (χ3n) is 2.73. The third kappa shape index (κ3) is 4.99. The van der Waals surface area contributed by atoms with E-state index in [1.54, 1.807) is 19.0 Å². The number of likely N-dealkylation sites (N-methyl/N-ethyl adjacent to an activating group) is 1. The summed E-state index contributed by atoms with van der Waals surface area (Å²) >= 11 is 0. The van der Waals surface area contributed by atoms with Crippen LogP contribution in [-0.4, -0.2) is 48.7 Å². The maximum Gasteiger partial charge on any atom is 0.294 e. The highest BCUT2D eigenvalue weighted by Gasteiger charge is 2.29. The SMILES string of the molecule is CN(C)CC(=O)N[C@@H]1CCCC[C@H]1O[N+](=O)[O-]. The van der Waals surface area contributed by atoms with Crippen molar-refractivity contribution < 1.29 is 14.7 Å². The molecule has 1 amide bonds. The largest absolute Gasteiger partial charge is 0.350 e. The van der Waals surface area contributed by atoms with E-state index in [-0.39, 0.29) is 18.5 Å². The highest BCUT2D eigenvalue weighted by atomic mass is 17.0. The van der Waals surface area contributed by atoms with Crippen molar-refractivity contribution in [1.82, 2.24) is 10.2 Å². The molecule has 0 aromatic rings. The number of carbonyl (C=O) groups excluding carboxylic acids is 1. The molecule has 1 saturated carbocycles. The van der Waals surface area contributed by atoms with Crippen LogP contribution in [0.4, 0.5) is 0 Å². The van der Waals surface area contributed by atoms with E-state index in [0.717, 1.165) is 19.3 Å². The van der Waals surface area contributed by atoms with E-state index >= 15 is 0 Å². The summed E-state index contributed by atoms with van der Waals surface area (Å²) in [5.74, 6) is -0.126.